The normalized spacial score (nSPS) is 11.9. The maximum Gasteiger partial charge on any atom is 0.217 e. The summed E-state index contributed by atoms with van der Waals surface area (Å²) in [6, 6.07) is 1.60. The Labute approximate surface area is 88.9 Å². The average molecular weight is 233 g/mol. The number of rotatable bonds is 6. The molecule has 1 aromatic heterocycles. The second-order valence-electron chi connectivity index (χ2n) is 3.22. The van der Waals surface area contributed by atoms with Gasteiger partial charge in [-0.3, -0.25) is 0 Å². The zero-order valence-corrected chi connectivity index (χ0v) is 9.38. The van der Waals surface area contributed by atoms with Crippen LogP contribution < -0.4 is 10.5 Å². The fraction of sp³-hybridized carbons (Fsp3) is 0.625. The predicted molar refractivity (Wildman–Crippen MR) is 55.5 cm³/mol. The second kappa shape index (κ2) is 5.24. The lowest BCUT2D eigenvalue weighted by Gasteiger charge is -2.03. The van der Waals surface area contributed by atoms with Crippen LogP contribution in [0.2, 0.25) is 0 Å². The molecule has 0 saturated carbocycles. The Kier molecular flexibility index (Phi) is 4.25. The summed E-state index contributed by atoms with van der Waals surface area (Å²) >= 11 is 0. The van der Waals surface area contributed by atoms with Crippen molar-refractivity contribution in [3.05, 3.63) is 17.5 Å². The van der Waals surface area contributed by atoms with Gasteiger partial charge in [-0.25, -0.2) is 13.1 Å². The van der Waals surface area contributed by atoms with Gasteiger partial charge in [-0.1, -0.05) is 5.16 Å². The molecule has 0 radical (unpaired) electrons. The van der Waals surface area contributed by atoms with Crippen LogP contribution in [0.4, 0.5) is 0 Å². The molecule has 0 bridgehead atoms. The van der Waals surface area contributed by atoms with E-state index < -0.39 is 10.0 Å². The number of aromatic nitrogens is 1. The van der Waals surface area contributed by atoms with Gasteiger partial charge in [0.25, 0.3) is 0 Å². The third-order valence-corrected chi connectivity index (χ3v) is 3.04. The van der Waals surface area contributed by atoms with Gasteiger partial charge in [-0.05, 0) is 19.9 Å². The largest absolute Gasteiger partial charge is 0.361 e. The van der Waals surface area contributed by atoms with E-state index in [9.17, 15) is 8.42 Å². The van der Waals surface area contributed by atoms with Crippen molar-refractivity contribution >= 4 is 10.0 Å². The van der Waals surface area contributed by atoms with Gasteiger partial charge in [-0.2, -0.15) is 0 Å². The zero-order chi connectivity index (χ0) is 11.3. The molecule has 0 saturated heterocycles. The van der Waals surface area contributed by atoms with Gasteiger partial charge < -0.3 is 10.3 Å². The van der Waals surface area contributed by atoms with Crippen molar-refractivity contribution in [3.63, 3.8) is 0 Å². The maximum absolute atomic E-state index is 11.5. The molecular weight excluding hydrogens is 218 g/mol. The molecule has 0 fully saturated rings. The Morgan fingerprint density at radius 2 is 2.33 bits per heavy atom. The molecule has 0 amide bonds. The number of sulfonamides is 1. The van der Waals surface area contributed by atoms with E-state index in [-0.39, 0.29) is 5.75 Å². The van der Waals surface area contributed by atoms with Crippen molar-refractivity contribution in [2.45, 2.75) is 19.1 Å². The zero-order valence-electron chi connectivity index (χ0n) is 8.56. The molecule has 0 unspecified atom stereocenters. The van der Waals surface area contributed by atoms with Crippen LogP contribution >= 0.6 is 0 Å². The van der Waals surface area contributed by atoms with Crippen LogP contribution in [0.5, 0.6) is 0 Å². The van der Waals surface area contributed by atoms with E-state index in [0.717, 1.165) is 0 Å². The van der Waals surface area contributed by atoms with Gasteiger partial charge in [0, 0.05) is 12.6 Å². The second-order valence-corrected chi connectivity index (χ2v) is 5.03. The summed E-state index contributed by atoms with van der Waals surface area (Å²) < 4.78 is 30.1. The summed E-state index contributed by atoms with van der Waals surface area (Å²) in [7, 11) is -3.32. The molecule has 3 N–H and O–H groups in total. The topological polar surface area (TPSA) is 98.2 Å². The quantitative estimate of drug-likeness (QED) is 0.660. The number of nitrogens with one attached hydrogen (secondary N) is 1. The molecule has 7 heteroatoms. The van der Waals surface area contributed by atoms with E-state index in [4.69, 9.17) is 10.3 Å². The van der Waals surface area contributed by atoms with E-state index in [0.29, 0.717) is 31.0 Å². The van der Waals surface area contributed by atoms with Gasteiger partial charge >= 0.3 is 0 Å². The van der Waals surface area contributed by atoms with Crippen LogP contribution in [-0.2, 0) is 15.8 Å². The lowest BCUT2D eigenvalue weighted by atomic mass is 10.4. The molecule has 0 aliphatic rings. The van der Waals surface area contributed by atoms with Crippen LogP contribution in [0.1, 0.15) is 17.9 Å². The van der Waals surface area contributed by atoms with Gasteiger partial charge in [0.05, 0.1) is 0 Å². The molecule has 6 nitrogen and oxygen atoms in total. The molecule has 15 heavy (non-hydrogen) atoms. The monoisotopic (exact) mass is 233 g/mol. The SMILES string of the molecule is Cc1cc(CS(=O)(=O)NCCCN)no1. The fourth-order valence-electron chi connectivity index (χ4n) is 1.06. The highest BCUT2D eigenvalue weighted by molar-refractivity contribution is 7.88. The first kappa shape index (κ1) is 12.2. The molecule has 0 atom stereocenters. The standard InChI is InChI=1S/C8H15N3O3S/c1-7-5-8(11-14-7)6-15(12,13)10-4-2-3-9/h5,10H,2-4,6,9H2,1H3. The first-order chi connectivity index (χ1) is 7.03. The summed E-state index contributed by atoms with van der Waals surface area (Å²) in [6.45, 7) is 2.53. The Balaban J connectivity index is 2.49. The number of hydrogen-bond acceptors (Lipinski definition) is 5. The highest BCUT2D eigenvalue weighted by Crippen LogP contribution is 2.05. The summed E-state index contributed by atoms with van der Waals surface area (Å²) in [5.74, 6) is 0.441. The molecule has 1 heterocycles. The average Bonchev–Trinajstić information content (AvgIpc) is 2.50. The van der Waals surface area contributed by atoms with Crippen molar-refractivity contribution < 1.29 is 12.9 Å². The summed E-state index contributed by atoms with van der Waals surface area (Å²) in [4.78, 5) is 0. The van der Waals surface area contributed by atoms with Crippen molar-refractivity contribution in [1.29, 1.82) is 0 Å². The minimum Gasteiger partial charge on any atom is -0.361 e. The molecule has 0 spiro atoms. The molecule has 1 rings (SSSR count). The van der Waals surface area contributed by atoms with E-state index >= 15 is 0 Å². The van der Waals surface area contributed by atoms with Gasteiger partial charge in [-0.15, -0.1) is 0 Å². The summed E-state index contributed by atoms with van der Waals surface area (Å²) in [6.07, 6.45) is 0.622. The van der Waals surface area contributed by atoms with E-state index in [1.165, 1.54) is 0 Å². The summed E-state index contributed by atoms with van der Waals surface area (Å²) in [5.41, 5.74) is 5.66. The Hall–Kier alpha value is -0.920. The smallest absolute Gasteiger partial charge is 0.217 e. The Bertz CT molecular complexity index is 399. The minimum absolute atomic E-state index is 0.158. The predicted octanol–water partition coefficient (Wildman–Crippen LogP) is -0.249. The van der Waals surface area contributed by atoms with Crippen LogP contribution in [0.15, 0.2) is 10.6 Å². The molecule has 0 aromatic carbocycles. The lowest BCUT2D eigenvalue weighted by molar-refractivity contribution is 0.392. The number of aryl methyl sites for hydroxylation is 1. The highest BCUT2D eigenvalue weighted by atomic mass is 32.2. The molecule has 0 aliphatic heterocycles. The maximum atomic E-state index is 11.5. The van der Waals surface area contributed by atoms with E-state index in [1.807, 2.05) is 0 Å². The van der Waals surface area contributed by atoms with Crippen LogP contribution in [0, 0.1) is 6.92 Å². The minimum atomic E-state index is -3.32. The van der Waals surface area contributed by atoms with Crippen molar-refractivity contribution in [1.82, 2.24) is 9.88 Å². The lowest BCUT2D eigenvalue weighted by Crippen LogP contribution is -2.27. The Morgan fingerprint density at radius 3 is 2.87 bits per heavy atom. The number of nitrogens with two attached hydrogens (primary N) is 1. The first-order valence-corrected chi connectivity index (χ1v) is 6.28. The number of nitrogens with zero attached hydrogens (tertiary/aromatic N) is 1. The highest BCUT2D eigenvalue weighted by Gasteiger charge is 2.13. The first-order valence-electron chi connectivity index (χ1n) is 4.63. The van der Waals surface area contributed by atoms with Crippen LogP contribution in [0.3, 0.4) is 0 Å². The Morgan fingerprint density at radius 1 is 1.60 bits per heavy atom. The van der Waals surface area contributed by atoms with E-state index in [1.54, 1.807) is 13.0 Å². The van der Waals surface area contributed by atoms with E-state index in [2.05, 4.69) is 9.88 Å². The molecule has 86 valence electrons. The van der Waals surface area contributed by atoms with Gasteiger partial charge in [0.1, 0.15) is 17.2 Å². The van der Waals surface area contributed by atoms with Gasteiger partial charge in [0.15, 0.2) is 0 Å². The van der Waals surface area contributed by atoms with Crippen LogP contribution in [0.25, 0.3) is 0 Å². The van der Waals surface area contributed by atoms with Crippen molar-refractivity contribution in [2.75, 3.05) is 13.1 Å². The number of hydrogen-bond donors (Lipinski definition) is 2. The van der Waals surface area contributed by atoms with Crippen molar-refractivity contribution in [2.24, 2.45) is 5.73 Å². The van der Waals surface area contributed by atoms with Gasteiger partial charge in [0.2, 0.25) is 10.0 Å². The molecular formula is C8H15N3O3S. The summed E-state index contributed by atoms with van der Waals surface area (Å²) in [5, 5.41) is 3.61. The van der Waals surface area contributed by atoms with Crippen LogP contribution in [-0.4, -0.2) is 26.7 Å². The van der Waals surface area contributed by atoms with Crippen molar-refractivity contribution in [3.8, 4) is 0 Å². The molecule has 0 aliphatic carbocycles. The molecule has 1 aromatic rings. The third-order valence-electron chi connectivity index (χ3n) is 1.72. The third kappa shape index (κ3) is 4.41. The fourth-order valence-corrected chi connectivity index (χ4v) is 2.14.